The molecule has 17 heavy (non-hydrogen) atoms. The molecule has 0 aliphatic rings. The number of fused-ring (bicyclic) bond motifs is 1. The van der Waals surface area contributed by atoms with Crippen LogP contribution in [0, 0.1) is 0 Å². The van der Waals surface area contributed by atoms with Gasteiger partial charge in [0.15, 0.2) is 0 Å². The van der Waals surface area contributed by atoms with E-state index in [-0.39, 0.29) is 0 Å². The summed E-state index contributed by atoms with van der Waals surface area (Å²) in [6, 6.07) is 7.43. The first-order valence-electron chi connectivity index (χ1n) is 5.12. The van der Waals surface area contributed by atoms with Crippen molar-refractivity contribution >= 4 is 16.7 Å². The summed E-state index contributed by atoms with van der Waals surface area (Å²) >= 11 is 0. The van der Waals surface area contributed by atoms with Crippen molar-refractivity contribution in [1.82, 2.24) is 19.9 Å². The maximum atomic E-state index is 5.77. The van der Waals surface area contributed by atoms with Gasteiger partial charge in [-0.2, -0.15) is 0 Å². The summed E-state index contributed by atoms with van der Waals surface area (Å²) in [7, 11) is 0. The summed E-state index contributed by atoms with van der Waals surface area (Å²) < 4.78 is 0. The molecule has 0 aromatic carbocycles. The lowest BCUT2D eigenvalue weighted by molar-refractivity contribution is 1.16. The van der Waals surface area contributed by atoms with Crippen molar-refractivity contribution in [3.63, 3.8) is 0 Å². The first-order valence-corrected chi connectivity index (χ1v) is 5.12. The highest BCUT2D eigenvalue weighted by atomic mass is 14.9. The molecule has 0 saturated heterocycles. The Morgan fingerprint density at radius 2 is 1.82 bits per heavy atom. The third-order valence-electron chi connectivity index (χ3n) is 2.49. The van der Waals surface area contributed by atoms with Gasteiger partial charge in [0.1, 0.15) is 12.1 Å². The molecule has 3 heterocycles. The second kappa shape index (κ2) is 3.79. The van der Waals surface area contributed by atoms with Crippen molar-refractivity contribution in [2.24, 2.45) is 0 Å². The van der Waals surface area contributed by atoms with Crippen LogP contribution in [0.4, 0.5) is 5.82 Å². The van der Waals surface area contributed by atoms with Gasteiger partial charge in [0, 0.05) is 17.8 Å². The molecule has 5 heteroatoms. The van der Waals surface area contributed by atoms with Gasteiger partial charge in [0.2, 0.25) is 0 Å². The Balaban J connectivity index is 2.21. The van der Waals surface area contributed by atoms with Gasteiger partial charge in [-0.25, -0.2) is 19.9 Å². The van der Waals surface area contributed by atoms with Gasteiger partial charge >= 0.3 is 0 Å². The van der Waals surface area contributed by atoms with E-state index in [0.29, 0.717) is 5.82 Å². The molecule has 0 unspecified atom stereocenters. The van der Waals surface area contributed by atoms with Gasteiger partial charge in [0.25, 0.3) is 0 Å². The largest absolute Gasteiger partial charge is 0.383 e. The lowest BCUT2D eigenvalue weighted by atomic mass is 10.2. The van der Waals surface area contributed by atoms with E-state index in [1.807, 2.05) is 24.3 Å². The summed E-state index contributed by atoms with van der Waals surface area (Å²) in [4.78, 5) is 16.6. The minimum atomic E-state index is 0.490. The number of anilines is 1. The number of pyridine rings is 2. The third-order valence-corrected chi connectivity index (χ3v) is 2.49. The van der Waals surface area contributed by atoms with Crippen molar-refractivity contribution in [2.75, 3.05) is 5.73 Å². The van der Waals surface area contributed by atoms with Gasteiger partial charge in [-0.05, 0) is 24.3 Å². The fourth-order valence-corrected chi connectivity index (χ4v) is 1.66. The zero-order valence-electron chi connectivity index (χ0n) is 8.91. The predicted molar refractivity (Wildman–Crippen MR) is 65.0 cm³/mol. The normalized spacial score (nSPS) is 10.6. The summed E-state index contributed by atoms with van der Waals surface area (Å²) in [6.07, 6.45) is 4.84. The van der Waals surface area contributed by atoms with Crippen molar-refractivity contribution in [3.8, 4) is 11.4 Å². The highest BCUT2D eigenvalue weighted by Crippen LogP contribution is 2.21. The average Bonchev–Trinajstić information content (AvgIpc) is 2.40. The van der Waals surface area contributed by atoms with Crippen molar-refractivity contribution in [2.45, 2.75) is 0 Å². The number of hydrogen-bond donors (Lipinski definition) is 1. The second-order valence-corrected chi connectivity index (χ2v) is 3.55. The van der Waals surface area contributed by atoms with Crippen LogP contribution in [0.15, 0.2) is 43.0 Å². The smallest absolute Gasteiger partial charge is 0.132 e. The average molecular weight is 223 g/mol. The highest BCUT2D eigenvalue weighted by Gasteiger charge is 2.04. The van der Waals surface area contributed by atoms with Crippen LogP contribution in [0.25, 0.3) is 22.3 Å². The van der Waals surface area contributed by atoms with Crippen LogP contribution >= 0.6 is 0 Å². The molecule has 0 atom stereocenters. The molecular formula is C12H9N5. The molecule has 5 nitrogen and oxygen atoms in total. The topological polar surface area (TPSA) is 77.6 Å². The lowest BCUT2D eigenvalue weighted by Crippen LogP contribution is -1.94. The van der Waals surface area contributed by atoms with Crippen LogP contribution in [-0.2, 0) is 0 Å². The molecule has 0 bridgehead atoms. The molecule has 3 aromatic heterocycles. The van der Waals surface area contributed by atoms with E-state index in [2.05, 4.69) is 19.9 Å². The minimum absolute atomic E-state index is 0.490. The number of nitrogens with zero attached hydrogens (tertiary/aromatic N) is 4. The fraction of sp³-hybridized carbons (Fsp3) is 0. The third kappa shape index (κ3) is 1.67. The van der Waals surface area contributed by atoms with Gasteiger partial charge < -0.3 is 5.73 Å². The molecule has 82 valence electrons. The Hall–Kier alpha value is -2.56. The minimum Gasteiger partial charge on any atom is -0.383 e. The van der Waals surface area contributed by atoms with Crippen LogP contribution in [-0.4, -0.2) is 19.9 Å². The van der Waals surface area contributed by atoms with Crippen molar-refractivity contribution in [3.05, 3.63) is 43.0 Å². The van der Waals surface area contributed by atoms with E-state index >= 15 is 0 Å². The van der Waals surface area contributed by atoms with E-state index in [9.17, 15) is 0 Å². The molecule has 0 amide bonds. The highest BCUT2D eigenvalue weighted by molar-refractivity contribution is 5.89. The number of aromatic nitrogens is 4. The molecule has 0 fully saturated rings. The van der Waals surface area contributed by atoms with Gasteiger partial charge in [0.05, 0.1) is 16.9 Å². The molecule has 2 N–H and O–H groups in total. The van der Waals surface area contributed by atoms with Crippen LogP contribution in [0.2, 0.25) is 0 Å². The Kier molecular flexibility index (Phi) is 2.15. The summed E-state index contributed by atoms with van der Waals surface area (Å²) in [5.41, 5.74) is 8.17. The number of hydrogen-bond acceptors (Lipinski definition) is 5. The van der Waals surface area contributed by atoms with E-state index in [4.69, 9.17) is 5.73 Å². The monoisotopic (exact) mass is 223 g/mol. The van der Waals surface area contributed by atoms with Crippen LogP contribution in [0.3, 0.4) is 0 Å². The Labute approximate surface area is 97.4 Å². The van der Waals surface area contributed by atoms with E-state index in [0.717, 1.165) is 22.3 Å². The molecule has 0 radical (unpaired) electrons. The Morgan fingerprint density at radius 3 is 2.65 bits per heavy atom. The van der Waals surface area contributed by atoms with E-state index in [1.165, 1.54) is 6.33 Å². The lowest BCUT2D eigenvalue weighted by Gasteiger charge is -2.03. The maximum Gasteiger partial charge on any atom is 0.132 e. The summed E-state index contributed by atoms with van der Waals surface area (Å²) in [5, 5.41) is 0.852. The standard InChI is InChI=1S/C12H9N5/c13-12-8-1-2-11(10-3-5-14-7-16-10)17-9(8)4-6-15-12/h1-7H,(H2,13,15). The zero-order chi connectivity index (χ0) is 11.7. The number of nitrogen functional groups attached to an aromatic ring is 1. The molecule has 0 spiro atoms. The first-order chi connectivity index (χ1) is 8.34. The molecule has 0 aliphatic heterocycles. The molecule has 0 aliphatic carbocycles. The van der Waals surface area contributed by atoms with Crippen LogP contribution in [0.1, 0.15) is 0 Å². The quantitative estimate of drug-likeness (QED) is 0.679. The molecular weight excluding hydrogens is 214 g/mol. The number of nitrogens with two attached hydrogens (primary N) is 1. The summed E-state index contributed by atoms with van der Waals surface area (Å²) in [5.74, 6) is 0.490. The molecule has 0 saturated carbocycles. The van der Waals surface area contributed by atoms with E-state index < -0.39 is 0 Å². The fourth-order valence-electron chi connectivity index (χ4n) is 1.66. The summed E-state index contributed by atoms with van der Waals surface area (Å²) in [6.45, 7) is 0. The predicted octanol–water partition coefficient (Wildman–Crippen LogP) is 1.67. The van der Waals surface area contributed by atoms with Crippen molar-refractivity contribution < 1.29 is 0 Å². The maximum absolute atomic E-state index is 5.77. The SMILES string of the molecule is Nc1nccc2nc(-c3ccncn3)ccc12. The molecule has 3 rings (SSSR count). The number of rotatable bonds is 1. The van der Waals surface area contributed by atoms with Crippen molar-refractivity contribution in [1.29, 1.82) is 0 Å². The first kappa shape index (κ1) is 9.65. The van der Waals surface area contributed by atoms with Crippen LogP contribution < -0.4 is 5.73 Å². The van der Waals surface area contributed by atoms with Crippen LogP contribution in [0.5, 0.6) is 0 Å². The van der Waals surface area contributed by atoms with Gasteiger partial charge in [-0.1, -0.05) is 0 Å². The van der Waals surface area contributed by atoms with Gasteiger partial charge in [-0.3, -0.25) is 0 Å². The van der Waals surface area contributed by atoms with E-state index in [1.54, 1.807) is 12.4 Å². The molecule has 3 aromatic rings. The van der Waals surface area contributed by atoms with Gasteiger partial charge in [-0.15, -0.1) is 0 Å². The zero-order valence-corrected chi connectivity index (χ0v) is 8.91. The second-order valence-electron chi connectivity index (χ2n) is 3.55. The Bertz CT molecular complexity index is 666. The Morgan fingerprint density at radius 1 is 0.882 bits per heavy atom.